The number of hydrogen-bond acceptors (Lipinski definition) is 9. The van der Waals surface area contributed by atoms with E-state index in [0.29, 0.717) is 49.5 Å². The third kappa shape index (κ3) is 6.91. The Balaban J connectivity index is 1.59. The number of sulfonamides is 1. The summed E-state index contributed by atoms with van der Waals surface area (Å²) < 4.78 is 33.7. The van der Waals surface area contributed by atoms with Gasteiger partial charge in [0, 0.05) is 44.6 Å². The first kappa shape index (κ1) is 31.4. The summed E-state index contributed by atoms with van der Waals surface area (Å²) in [5.74, 6) is 2.51. The lowest BCUT2D eigenvalue weighted by Crippen LogP contribution is -2.49. The van der Waals surface area contributed by atoms with Crippen molar-refractivity contribution in [2.24, 2.45) is 0 Å². The highest BCUT2D eigenvalue weighted by Crippen LogP contribution is 2.38. The molecule has 0 atom stereocenters. The summed E-state index contributed by atoms with van der Waals surface area (Å²) in [6.07, 6.45) is 6.34. The quantitative estimate of drug-likeness (QED) is 0.382. The van der Waals surface area contributed by atoms with E-state index < -0.39 is 15.6 Å². The number of hydrogen-bond donors (Lipinski definition) is 2. The molecule has 0 unspecified atom stereocenters. The average Bonchev–Trinajstić information content (AvgIpc) is 3.29. The van der Waals surface area contributed by atoms with E-state index in [2.05, 4.69) is 16.7 Å². The van der Waals surface area contributed by atoms with Gasteiger partial charge in [-0.25, -0.2) is 17.5 Å². The third-order valence-electron chi connectivity index (χ3n) is 7.71. The Morgan fingerprint density at radius 3 is 2.50 bits per heavy atom. The minimum absolute atomic E-state index is 0.0499. The van der Waals surface area contributed by atoms with Crippen LogP contribution in [0.15, 0.2) is 35.4 Å². The number of carbonyl (C=O) groups excluding carboxylic acids is 2. The first-order valence-electron chi connectivity index (χ1n) is 13.8. The highest BCUT2D eigenvalue weighted by molar-refractivity contribution is 7.99. The Kier molecular flexibility index (Phi) is 10.2. The third-order valence-corrected chi connectivity index (χ3v) is 10.6. The molecule has 1 aromatic heterocycles. The Bertz CT molecular complexity index is 1430. The van der Waals surface area contributed by atoms with Crippen molar-refractivity contribution in [2.45, 2.75) is 55.6 Å². The first-order valence-corrected chi connectivity index (χ1v) is 16.4. The highest BCUT2D eigenvalue weighted by Gasteiger charge is 2.41. The number of ether oxygens (including phenoxy) is 1. The lowest BCUT2D eigenvalue weighted by atomic mass is 9.84. The van der Waals surface area contributed by atoms with E-state index in [-0.39, 0.29) is 23.5 Å². The number of carbonyl (C=O) groups is 2. The molecule has 1 aromatic carbocycles. The average molecular weight is 616 g/mol. The van der Waals surface area contributed by atoms with Crippen molar-refractivity contribution in [3.05, 3.63) is 41.7 Å². The minimum Gasteiger partial charge on any atom is -0.446 e. The number of piperidine rings is 1. The molecule has 2 N–H and O–H groups in total. The van der Waals surface area contributed by atoms with Gasteiger partial charge in [-0.1, -0.05) is 0 Å². The Labute approximate surface area is 251 Å². The predicted molar refractivity (Wildman–Crippen MR) is 162 cm³/mol. The normalized spacial score (nSPS) is 17.6. The molecule has 2 aliphatic heterocycles. The largest absolute Gasteiger partial charge is 0.446 e. The van der Waals surface area contributed by atoms with Crippen LogP contribution in [0.5, 0.6) is 0 Å². The molecule has 0 saturated carbocycles. The number of amides is 2. The van der Waals surface area contributed by atoms with Gasteiger partial charge in [-0.15, -0.1) is 0 Å². The van der Waals surface area contributed by atoms with Crippen LogP contribution in [0, 0.1) is 18.3 Å². The van der Waals surface area contributed by atoms with Crippen LogP contribution in [-0.2, 0) is 25.1 Å². The number of nitrogens with one attached hydrogen (secondary N) is 2. The molecule has 42 heavy (non-hydrogen) atoms. The molecule has 14 heteroatoms. The molecule has 3 heterocycles. The van der Waals surface area contributed by atoms with Crippen molar-refractivity contribution >= 4 is 51.9 Å². The molecule has 4 rings (SSSR count). The zero-order valence-corrected chi connectivity index (χ0v) is 25.7. The van der Waals surface area contributed by atoms with Gasteiger partial charge in [-0.2, -0.15) is 22.1 Å². The molecule has 2 aromatic rings. The maximum Gasteiger partial charge on any atom is 0.410 e. The van der Waals surface area contributed by atoms with E-state index in [1.165, 1.54) is 32.4 Å². The Hall–Kier alpha value is -3.54. The van der Waals surface area contributed by atoms with Crippen LogP contribution in [0.2, 0.25) is 0 Å². The predicted octanol–water partition coefficient (Wildman–Crippen LogP) is 3.64. The zero-order valence-electron chi connectivity index (χ0n) is 24.1. The molecule has 2 fully saturated rings. The van der Waals surface area contributed by atoms with Crippen molar-refractivity contribution in [1.29, 1.82) is 5.26 Å². The molecule has 0 bridgehead atoms. The van der Waals surface area contributed by atoms with Gasteiger partial charge in [0.25, 0.3) is 0 Å². The molecule has 0 spiro atoms. The van der Waals surface area contributed by atoms with Gasteiger partial charge in [-0.05, 0) is 74.5 Å². The van der Waals surface area contributed by atoms with E-state index in [4.69, 9.17) is 9.84 Å². The fourth-order valence-corrected chi connectivity index (χ4v) is 7.10. The molecule has 0 radical (unpaired) electrons. The lowest BCUT2D eigenvalue weighted by molar-refractivity contribution is -0.108. The number of nitrogens with zero attached hydrogens (tertiary/aromatic N) is 5. The van der Waals surface area contributed by atoms with Crippen molar-refractivity contribution in [2.75, 3.05) is 44.0 Å². The summed E-state index contributed by atoms with van der Waals surface area (Å²) in [5, 5.41) is 20.5. The van der Waals surface area contributed by atoms with Gasteiger partial charge in [0.1, 0.15) is 6.10 Å². The van der Waals surface area contributed by atoms with Crippen molar-refractivity contribution in [3.63, 3.8) is 0 Å². The van der Waals surface area contributed by atoms with E-state index >= 15 is 0 Å². The maximum absolute atomic E-state index is 12.9. The van der Waals surface area contributed by atoms with Gasteiger partial charge < -0.3 is 20.3 Å². The van der Waals surface area contributed by atoms with Crippen molar-refractivity contribution in [3.8, 4) is 6.07 Å². The van der Waals surface area contributed by atoms with Crippen LogP contribution in [0.4, 0.5) is 16.3 Å². The van der Waals surface area contributed by atoms with E-state index in [1.54, 1.807) is 23.1 Å². The number of likely N-dealkylation sites (tertiary alicyclic amines) is 1. The van der Waals surface area contributed by atoms with Gasteiger partial charge >= 0.3 is 6.09 Å². The molecular formula is C28H37N7O5S2. The fraction of sp³-hybridized carbons (Fsp3) is 0.500. The summed E-state index contributed by atoms with van der Waals surface area (Å²) in [7, 11) is -0.608. The second-order valence-corrected chi connectivity index (χ2v) is 13.9. The maximum atomic E-state index is 12.9. The van der Waals surface area contributed by atoms with Gasteiger partial charge in [0.2, 0.25) is 16.4 Å². The number of thioether (sulfide) groups is 1. The lowest BCUT2D eigenvalue weighted by Gasteiger charge is -2.41. The monoisotopic (exact) mass is 615 g/mol. The van der Waals surface area contributed by atoms with Crippen molar-refractivity contribution < 1.29 is 22.7 Å². The molecule has 2 amide bonds. The molecule has 2 aliphatic rings. The van der Waals surface area contributed by atoms with Crippen LogP contribution >= 0.6 is 11.8 Å². The number of rotatable bonds is 10. The number of benzene rings is 1. The summed E-state index contributed by atoms with van der Waals surface area (Å²) in [4.78, 5) is 25.7. The molecule has 226 valence electrons. The van der Waals surface area contributed by atoms with Gasteiger partial charge in [-0.3, -0.25) is 9.48 Å². The van der Waals surface area contributed by atoms with Gasteiger partial charge in [0.05, 0.1) is 28.6 Å². The summed E-state index contributed by atoms with van der Waals surface area (Å²) >= 11 is 1.87. The summed E-state index contributed by atoms with van der Waals surface area (Å²) in [5.41, 5.74) is 1.42. The number of anilines is 2. The van der Waals surface area contributed by atoms with Gasteiger partial charge in [0.15, 0.2) is 5.82 Å². The summed E-state index contributed by atoms with van der Waals surface area (Å²) in [6.45, 7) is 2.72. The molecule has 12 nitrogen and oxygen atoms in total. The topological polar surface area (TPSA) is 150 Å². The zero-order chi connectivity index (χ0) is 30.3. The standard InChI is InChI=1S/C28H37N7O5S2/c1-21-25(8-15-30-20-36)35(32-26(21)31-22-4-6-24(7-5-22)42(38,39)33(2)3)28(11-14-29)12-16-34(17-13-28)27(37)40-23-9-18-41-19-10-23/h4-8,15,20,23H,9-13,16-19H2,1-3H3,(H,30,36)(H,31,32)/b15-8-. The van der Waals surface area contributed by atoms with Crippen molar-refractivity contribution in [1.82, 2.24) is 24.3 Å². The van der Waals surface area contributed by atoms with E-state index in [9.17, 15) is 23.3 Å². The highest BCUT2D eigenvalue weighted by atomic mass is 32.2. The van der Waals surface area contributed by atoms with Crippen LogP contribution in [0.25, 0.3) is 6.08 Å². The number of nitriles is 1. The second-order valence-electron chi connectivity index (χ2n) is 10.6. The fourth-order valence-electron chi connectivity index (χ4n) is 5.14. The first-order chi connectivity index (χ1) is 20.1. The van der Waals surface area contributed by atoms with Crippen LogP contribution in [0.3, 0.4) is 0 Å². The van der Waals surface area contributed by atoms with E-state index in [0.717, 1.165) is 34.2 Å². The Morgan fingerprint density at radius 2 is 1.90 bits per heavy atom. The minimum atomic E-state index is -3.57. The van der Waals surface area contributed by atoms with E-state index in [1.807, 2.05) is 23.4 Å². The molecule has 0 aliphatic carbocycles. The molecular weight excluding hydrogens is 578 g/mol. The smallest absolute Gasteiger partial charge is 0.410 e. The SMILES string of the molecule is Cc1c(Nc2ccc(S(=O)(=O)N(C)C)cc2)nn(C2(CC#N)CCN(C(=O)OC3CCSCC3)CC2)c1/C=C\NC=O. The van der Waals surface area contributed by atoms with Crippen LogP contribution in [-0.4, -0.2) is 84.7 Å². The van der Waals surface area contributed by atoms with Crippen LogP contribution < -0.4 is 10.6 Å². The van der Waals surface area contributed by atoms with Crippen LogP contribution in [0.1, 0.15) is 43.4 Å². The second kappa shape index (κ2) is 13.6. The summed E-state index contributed by atoms with van der Waals surface area (Å²) in [6, 6.07) is 8.69. The molecule has 2 saturated heterocycles. The Morgan fingerprint density at radius 1 is 1.24 bits per heavy atom. The number of aromatic nitrogens is 2.